The lowest BCUT2D eigenvalue weighted by Gasteiger charge is -2.38. The van der Waals surface area contributed by atoms with Crippen molar-refractivity contribution >= 4 is 6.09 Å². The number of likely N-dealkylation sites (tertiary alicyclic amines) is 1. The molecule has 1 amide bonds. The van der Waals surface area contributed by atoms with E-state index in [1.807, 2.05) is 24.5 Å². The van der Waals surface area contributed by atoms with Crippen molar-refractivity contribution in [2.75, 3.05) is 26.7 Å². The number of ether oxygens (including phenoxy) is 1. The zero-order valence-electron chi connectivity index (χ0n) is 11.2. The van der Waals surface area contributed by atoms with Crippen LogP contribution in [0.15, 0.2) is 24.5 Å². The summed E-state index contributed by atoms with van der Waals surface area (Å²) < 4.78 is 5.60. The fourth-order valence-electron chi connectivity index (χ4n) is 3.08. The largest absolute Gasteiger partial charge is 0.440 e. The van der Waals surface area contributed by atoms with Gasteiger partial charge in [-0.25, -0.2) is 4.79 Å². The fraction of sp³-hybridized carbons (Fsp3) is 0.571. The summed E-state index contributed by atoms with van der Waals surface area (Å²) >= 11 is 0. The summed E-state index contributed by atoms with van der Waals surface area (Å²) in [6, 6.07) is 4.07. The maximum atomic E-state index is 11.6. The van der Waals surface area contributed by atoms with Gasteiger partial charge in [-0.15, -0.1) is 0 Å². The van der Waals surface area contributed by atoms with E-state index in [0.717, 1.165) is 32.5 Å². The van der Waals surface area contributed by atoms with Crippen LogP contribution in [0.5, 0.6) is 0 Å². The van der Waals surface area contributed by atoms with Crippen LogP contribution in [-0.2, 0) is 11.3 Å². The standard InChI is InChI=1S/C14H19N3O2/c1-16-10-14(19-13(16)18)5-2-8-17(11-14)9-12-3-6-15-7-4-12/h3-4,6-7H,2,5,8-11H2,1H3/t14-/m1/s1. The molecule has 5 heteroatoms. The topological polar surface area (TPSA) is 45.7 Å². The number of piperidine rings is 1. The van der Waals surface area contributed by atoms with Crippen LogP contribution in [0.4, 0.5) is 4.79 Å². The van der Waals surface area contributed by atoms with E-state index in [1.54, 1.807) is 11.9 Å². The summed E-state index contributed by atoms with van der Waals surface area (Å²) in [4.78, 5) is 19.7. The minimum atomic E-state index is -0.295. The highest BCUT2D eigenvalue weighted by atomic mass is 16.6. The lowest BCUT2D eigenvalue weighted by atomic mass is 9.92. The molecule has 2 fully saturated rings. The number of pyridine rings is 1. The molecule has 5 nitrogen and oxygen atoms in total. The second-order valence-corrected chi connectivity index (χ2v) is 5.58. The molecule has 2 saturated heterocycles. The van der Waals surface area contributed by atoms with Crippen LogP contribution in [-0.4, -0.2) is 53.2 Å². The van der Waals surface area contributed by atoms with Gasteiger partial charge in [0.1, 0.15) is 5.60 Å². The summed E-state index contributed by atoms with van der Waals surface area (Å²) in [6.07, 6.45) is 5.49. The third kappa shape index (κ3) is 2.56. The number of hydrogen-bond acceptors (Lipinski definition) is 4. The zero-order chi connectivity index (χ0) is 13.3. The van der Waals surface area contributed by atoms with Gasteiger partial charge in [-0.05, 0) is 37.1 Å². The first-order chi connectivity index (χ1) is 9.17. The molecule has 0 radical (unpaired) electrons. The van der Waals surface area contributed by atoms with Crippen molar-refractivity contribution in [3.05, 3.63) is 30.1 Å². The van der Waals surface area contributed by atoms with Crippen LogP contribution >= 0.6 is 0 Å². The summed E-state index contributed by atoms with van der Waals surface area (Å²) in [6.45, 7) is 3.49. The van der Waals surface area contributed by atoms with Gasteiger partial charge in [-0.1, -0.05) is 0 Å². The number of hydrogen-bond donors (Lipinski definition) is 0. The molecular formula is C14H19N3O2. The van der Waals surface area contributed by atoms with Crippen molar-refractivity contribution < 1.29 is 9.53 Å². The van der Waals surface area contributed by atoms with Gasteiger partial charge in [0.15, 0.2) is 0 Å². The Morgan fingerprint density at radius 3 is 2.84 bits per heavy atom. The van der Waals surface area contributed by atoms with Crippen molar-refractivity contribution in [2.24, 2.45) is 0 Å². The summed E-state index contributed by atoms with van der Waals surface area (Å²) in [5.41, 5.74) is 0.960. The summed E-state index contributed by atoms with van der Waals surface area (Å²) in [5, 5.41) is 0. The molecule has 0 aliphatic carbocycles. The van der Waals surface area contributed by atoms with Gasteiger partial charge in [-0.3, -0.25) is 9.88 Å². The molecule has 1 aromatic rings. The van der Waals surface area contributed by atoms with Gasteiger partial charge in [0.05, 0.1) is 6.54 Å². The van der Waals surface area contributed by atoms with Crippen molar-refractivity contribution in [2.45, 2.75) is 25.0 Å². The normalized spacial score (nSPS) is 27.8. The average molecular weight is 261 g/mol. The lowest BCUT2D eigenvalue weighted by molar-refractivity contribution is -0.0113. The molecule has 0 unspecified atom stereocenters. The van der Waals surface area contributed by atoms with E-state index in [-0.39, 0.29) is 11.7 Å². The van der Waals surface area contributed by atoms with Gasteiger partial charge in [0.2, 0.25) is 0 Å². The molecular weight excluding hydrogens is 242 g/mol. The molecule has 1 aromatic heterocycles. The van der Waals surface area contributed by atoms with Gasteiger partial charge in [0, 0.05) is 32.5 Å². The van der Waals surface area contributed by atoms with E-state index in [2.05, 4.69) is 9.88 Å². The number of rotatable bonds is 2. The average Bonchev–Trinajstić information content (AvgIpc) is 2.65. The summed E-state index contributed by atoms with van der Waals surface area (Å²) in [7, 11) is 1.80. The Labute approximate surface area is 113 Å². The molecule has 0 N–H and O–H groups in total. The maximum Gasteiger partial charge on any atom is 0.410 e. The Bertz CT molecular complexity index is 465. The molecule has 19 heavy (non-hydrogen) atoms. The number of nitrogens with zero attached hydrogens (tertiary/aromatic N) is 3. The Morgan fingerprint density at radius 2 is 2.16 bits per heavy atom. The number of carbonyl (C=O) groups is 1. The first kappa shape index (κ1) is 12.4. The maximum absolute atomic E-state index is 11.6. The highest BCUT2D eigenvalue weighted by Gasteiger charge is 2.46. The second-order valence-electron chi connectivity index (χ2n) is 5.58. The van der Waals surface area contributed by atoms with E-state index < -0.39 is 0 Å². The molecule has 3 heterocycles. The predicted octanol–water partition coefficient (Wildman–Crippen LogP) is 1.50. The zero-order valence-corrected chi connectivity index (χ0v) is 11.2. The highest BCUT2D eigenvalue weighted by molar-refractivity contribution is 5.70. The smallest absolute Gasteiger partial charge is 0.410 e. The van der Waals surface area contributed by atoms with E-state index >= 15 is 0 Å². The van der Waals surface area contributed by atoms with Crippen molar-refractivity contribution in [3.63, 3.8) is 0 Å². The van der Waals surface area contributed by atoms with E-state index in [1.165, 1.54) is 5.56 Å². The number of carbonyl (C=O) groups excluding carboxylic acids is 1. The van der Waals surface area contributed by atoms with Crippen LogP contribution in [0.25, 0.3) is 0 Å². The number of likely N-dealkylation sites (N-methyl/N-ethyl adjacent to an activating group) is 1. The van der Waals surface area contributed by atoms with Crippen LogP contribution in [0.2, 0.25) is 0 Å². The monoisotopic (exact) mass is 261 g/mol. The van der Waals surface area contributed by atoms with Crippen molar-refractivity contribution in [3.8, 4) is 0 Å². The first-order valence-electron chi connectivity index (χ1n) is 6.72. The van der Waals surface area contributed by atoms with Gasteiger partial charge < -0.3 is 9.64 Å². The van der Waals surface area contributed by atoms with Gasteiger partial charge in [-0.2, -0.15) is 0 Å². The van der Waals surface area contributed by atoms with Gasteiger partial charge in [0.25, 0.3) is 0 Å². The Hall–Kier alpha value is -1.62. The lowest BCUT2D eigenvalue weighted by Crippen LogP contribution is -2.50. The molecule has 3 rings (SSSR count). The Kier molecular flexibility index (Phi) is 3.14. The number of amides is 1. The first-order valence-corrected chi connectivity index (χ1v) is 6.72. The molecule has 0 aromatic carbocycles. The molecule has 2 aliphatic rings. The fourth-order valence-corrected chi connectivity index (χ4v) is 3.08. The molecule has 102 valence electrons. The number of aromatic nitrogens is 1. The van der Waals surface area contributed by atoms with Crippen molar-refractivity contribution in [1.82, 2.24) is 14.8 Å². The Balaban J connectivity index is 1.67. The van der Waals surface area contributed by atoms with Crippen molar-refractivity contribution in [1.29, 1.82) is 0 Å². The Morgan fingerprint density at radius 1 is 1.37 bits per heavy atom. The minimum Gasteiger partial charge on any atom is -0.440 e. The molecule has 0 bridgehead atoms. The van der Waals surface area contributed by atoms with Crippen LogP contribution in [0.1, 0.15) is 18.4 Å². The second kappa shape index (κ2) is 4.81. The third-order valence-electron chi connectivity index (χ3n) is 3.91. The third-order valence-corrected chi connectivity index (χ3v) is 3.91. The SMILES string of the molecule is CN1C[C@@]2(CCCN(Cc3ccncc3)C2)OC1=O. The van der Waals surface area contributed by atoms with Gasteiger partial charge >= 0.3 is 6.09 Å². The molecule has 1 spiro atoms. The molecule has 1 atom stereocenters. The van der Waals surface area contributed by atoms with E-state index in [4.69, 9.17) is 4.74 Å². The molecule has 2 aliphatic heterocycles. The minimum absolute atomic E-state index is 0.189. The summed E-state index contributed by atoms with van der Waals surface area (Å²) in [5.74, 6) is 0. The van der Waals surface area contributed by atoms with E-state index in [0.29, 0.717) is 6.54 Å². The van der Waals surface area contributed by atoms with Crippen LogP contribution in [0.3, 0.4) is 0 Å². The van der Waals surface area contributed by atoms with Crippen LogP contribution in [0, 0.1) is 0 Å². The van der Waals surface area contributed by atoms with E-state index in [9.17, 15) is 4.79 Å². The molecule has 0 saturated carbocycles. The quantitative estimate of drug-likeness (QED) is 0.809. The van der Waals surface area contributed by atoms with Crippen LogP contribution < -0.4 is 0 Å². The highest BCUT2D eigenvalue weighted by Crippen LogP contribution is 2.31. The predicted molar refractivity (Wildman–Crippen MR) is 70.6 cm³/mol.